The van der Waals surface area contributed by atoms with E-state index >= 15 is 0 Å². The average Bonchev–Trinajstić information content (AvgIpc) is 2.46. The van der Waals surface area contributed by atoms with Gasteiger partial charge < -0.3 is 4.74 Å². The maximum Gasteiger partial charge on any atom is 0.257 e. The van der Waals surface area contributed by atoms with E-state index in [4.69, 9.17) is 4.74 Å². The zero-order chi connectivity index (χ0) is 15.0. The quantitative estimate of drug-likeness (QED) is 0.630. The van der Waals surface area contributed by atoms with E-state index in [2.05, 4.69) is 0 Å². The second kappa shape index (κ2) is 5.12. The number of halogens is 2. The van der Waals surface area contributed by atoms with E-state index in [1.54, 1.807) is 24.3 Å². The van der Waals surface area contributed by atoms with Gasteiger partial charge in [0.15, 0.2) is 6.10 Å². The normalized spacial score (nSPS) is 20.5. The van der Waals surface area contributed by atoms with Gasteiger partial charge in [-0.05, 0) is 18.2 Å². The molecule has 4 nitrogen and oxygen atoms in total. The molecule has 1 heterocycles. The third-order valence-corrected chi connectivity index (χ3v) is 3.56. The van der Waals surface area contributed by atoms with E-state index in [0.29, 0.717) is 11.3 Å². The van der Waals surface area contributed by atoms with Gasteiger partial charge >= 0.3 is 0 Å². The number of rotatable bonds is 2. The lowest BCUT2D eigenvalue weighted by atomic mass is 9.92. The Kier molecular flexibility index (Phi) is 3.29. The highest BCUT2D eigenvalue weighted by molar-refractivity contribution is 5.38. The lowest BCUT2D eigenvalue weighted by molar-refractivity contribution is -0.535. The van der Waals surface area contributed by atoms with Gasteiger partial charge in [0, 0.05) is 16.9 Å². The first-order valence-corrected chi connectivity index (χ1v) is 6.40. The molecular formula is C15H11F2NO3. The molecule has 3 rings (SSSR count). The number of nitrogens with zero attached hydrogens (tertiary/aromatic N) is 1. The third-order valence-electron chi connectivity index (χ3n) is 3.56. The van der Waals surface area contributed by atoms with Gasteiger partial charge in [0.25, 0.3) is 6.04 Å². The van der Waals surface area contributed by atoms with Crippen molar-refractivity contribution < 1.29 is 18.4 Å². The van der Waals surface area contributed by atoms with Crippen molar-refractivity contribution in [3.63, 3.8) is 0 Å². The fourth-order valence-corrected chi connectivity index (χ4v) is 2.55. The Morgan fingerprint density at radius 2 is 1.76 bits per heavy atom. The van der Waals surface area contributed by atoms with Crippen LogP contribution in [0, 0.1) is 21.7 Å². The zero-order valence-corrected chi connectivity index (χ0v) is 10.8. The molecular weight excluding hydrogens is 280 g/mol. The van der Waals surface area contributed by atoms with E-state index in [-0.39, 0.29) is 6.42 Å². The largest absolute Gasteiger partial charge is 0.478 e. The lowest BCUT2D eigenvalue weighted by Crippen LogP contribution is -2.37. The van der Waals surface area contributed by atoms with E-state index in [9.17, 15) is 18.9 Å². The molecule has 0 bridgehead atoms. The van der Waals surface area contributed by atoms with Crippen LogP contribution in [0.1, 0.15) is 17.2 Å². The second-order valence-electron chi connectivity index (χ2n) is 4.84. The first kappa shape index (κ1) is 13.5. The van der Waals surface area contributed by atoms with Crippen molar-refractivity contribution in [3.8, 4) is 5.75 Å². The molecule has 0 fully saturated rings. The summed E-state index contributed by atoms with van der Waals surface area (Å²) in [6.45, 7) is 0. The van der Waals surface area contributed by atoms with Gasteiger partial charge in [-0.25, -0.2) is 8.78 Å². The maximum atomic E-state index is 13.9. The molecule has 0 N–H and O–H groups in total. The fourth-order valence-electron chi connectivity index (χ4n) is 2.55. The van der Waals surface area contributed by atoms with Crippen LogP contribution in [0.2, 0.25) is 0 Å². The molecule has 2 aromatic carbocycles. The van der Waals surface area contributed by atoms with Crippen LogP contribution in [0.5, 0.6) is 5.75 Å². The highest BCUT2D eigenvalue weighted by Gasteiger charge is 2.42. The molecule has 0 saturated heterocycles. The summed E-state index contributed by atoms with van der Waals surface area (Å²) in [6.07, 6.45) is -1.21. The van der Waals surface area contributed by atoms with E-state index < -0.39 is 34.3 Å². The summed E-state index contributed by atoms with van der Waals surface area (Å²) in [7, 11) is 0. The molecule has 0 amide bonds. The van der Waals surface area contributed by atoms with Crippen LogP contribution in [0.4, 0.5) is 8.78 Å². The highest BCUT2D eigenvalue weighted by Crippen LogP contribution is 2.37. The number of ether oxygens (including phenoxy) is 1. The zero-order valence-electron chi connectivity index (χ0n) is 10.8. The third kappa shape index (κ3) is 2.33. The van der Waals surface area contributed by atoms with Gasteiger partial charge in [-0.2, -0.15) is 0 Å². The summed E-state index contributed by atoms with van der Waals surface area (Å²) in [5.41, 5.74) is 0.265. The van der Waals surface area contributed by atoms with E-state index in [1.165, 1.54) is 6.07 Å². The van der Waals surface area contributed by atoms with Gasteiger partial charge in [-0.1, -0.05) is 24.3 Å². The molecule has 0 aliphatic carbocycles. The molecule has 2 atom stereocenters. The molecule has 1 aliphatic heterocycles. The average molecular weight is 291 g/mol. The van der Waals surface area contributed by atoms with Crippen molar-refractivity contribution in [3.05, 3.63) is 75.3 Å². The Hall–Kier alpha value is -2.50. The number of benzene rings is 2. The summed E-state index contributed by atoms with van der Waals surface area (Å²) in [6, 6.07) is 8.91. The minimum Gasteiger partial charge on any atom is -0.478 e. The summed E-state index contributed by atoms with van der Waals surface area (Å²) in [5.74, 6) is -1.26. The molecule has 1 aliphatic rings. The van der Waals surface area contributed by atoms with Gasteiger partial charge in [-0.3, -0.25) is 10.1 Å². The molecule has 0 spiro atoms. The summed E-state index contributed by atoms with van der Waals surface area (Å²) in [5, 5.41) is 11.3. The Morgan fingerprint density at radius 1 is 1.10 bits per heavy atom. The summed E-state index contributed by atoms with van der Waals surface area (Å²) >= 11 is 0. The number of fused-ring (bicyclic) bond motifs is 1. The smallest absolute Gasteiger partial charge is 0.257 e. The summed E-state index contributed by atoms with van der Waals surface area (Å²) in [4.78, 5) is 10.7. The van der Waals surface area contributed by atoms with Crippen molar-refractivity contribution in [2.75, 3.05) is 0 Å². The topological polar surface area (TPSA) is 52.4 Å². The van der Waals surface area contributed by atoms with Gasteiger partial charge in [0.2, 0.25) is 0 Å². The van der Waals surface area contributed by atoms with Crippen molar-refractivity contribution in [2.24, 2.45) is 0 Å². The Labute approximate surface area is 119 Å². The van der Waals surface area contributed by atoms with Crippen LogP contribution in [-0.2, 0) is 6.42 Å². The van der Waals surface area contributed by atoms with Crippen molar-refractivity contribution in [1.29, 1.82) is 0 Å². The Balaban J connectivity index is 2.10. The Bertz CT molecular complexity index is 685. The van der Waals surface area contributed by atoms with Gasteiger partial charge in [0.1, 0.15) is 17.4 Å². The van der Waals surface area contributed by atoms with Crippen LogP contribution < -0.4 is 4.74 Å². The molecule has 6 heteroatoms. The number of hydrogen-bond donors (Lipinski definition) is 0. The van der Waals surface area contributed by atoms with Crippen LogP contribution in [0.15, 0.2) is 42.5 Å². The molecule has 108 valence electrons. The highest BCUT2D eigenvalue weighted by atomic mass is 19.1. The van der Waals surface area contributed by atoms with Crippen molar-refractivity contribution in [2.45, 2.75) is 18.6 Å². The molecule has 0 saturated carbocycles. The van der Waals surface area contributed by atoms with Crippen LogP contribution in [0.3, 0.4) is 0 Å². The van der Waals surface area contributed by atoms with Gasteiger partial charge in [-0.15, -0.1) is 0 Å². The number of para-hydroxylation sites is 1. The standard InChI is InChI=1S/C15H11F2NO3/c16-10-5-3-6-11(17)14(10)15-12(18(19)20)8-9-4-1-2-7-13(9)21-15/h1-7,12,15H,8H2/t12?,15-/m1/s1. The molecule has 21 heavy (non-hydrogen) atoms. The predicted molar refractivity (Wildman–Crippen MR) is 70.7 cm³/mol. The molecule has 0 radical (unpaired) electrons. The SMILES string of the molecule is O=[N+]([O-])C1Cc2ccccc2O[C@H]1c1c(F)cccc1F. The fraction of sp³-hybridized carbons (Fsp3) is 0.200. The van der Waals surface area contributed by atoms with Crippen LogP contribution >= 0.6 is 0 Å². The molecule has 0 aromatic heterocycles. The summed E-state index contributed by atoms with van der Waals surface area (Å²) < 4.78 is 33.3. The van der Waals surface area contributed by atoms with Crippen molar-refractivity contribution in [1.82, 2.24) is 0 Å². The Morgan fingerprint density at radius 3 is 2.43 bits per heavy atom. The van der Waals surface area contributed by atoms with Gasteiger partial charge in [0.05, 0.1) is 5.56 Å². The second-order valence-corrected chi connectivity index (χ2v) is 4.84. The maximum absolute atomic E-state index is 13.9. The number of nitro groups is 1. The molecule has 2 aromatic rings. The van der Waals surface area contributed by atoms with Crippen LogP contribution in [0.25, 0.3) is 0 Å². The van der Waals surface area contributed by atoms with E-state index in [1.807, 2.05) is 0 Å². The number of hydrogen-bond acceptors (Lipinski definition) is 3. The van der Waals surface area contributed by atoms with E-state index in [0.717, 1.165) is 12.1 Å². The lowest BCUT2D eigenvalue weighted by Gasteiger charge is -2.29. The van der Waals surface area contributed by atoms with Crippen molar-refractivity contribution >= 4 is 0 Å². The first-order valence-electron chi connectivity index (χ1n) is 6.40. The monoisotopic (exact) mass is 291 g/mol. The first-order chi connectivity index (χ1) is 10.1. The molecule has 1 unspecified atom stereocenters. The predicted octanol–water partition coefficient (Wildman–Crippen LogP) is 3.29. The minimum absolute atomic E-state index is 0.0710. The van der Waals surface area contributed by atoms with Crippen LogP contribution in [-0.4, -0.2) is 11.0 Å². The minimum atomic E-state index is -1.28.